The highest BCUT2D eigenvalue weighted by Gasteiger charge is 2.09. The predicted octanol–water partition coefficient (Wildman–Crippen LogP) is 2.75. The SMILES string of the molecule is CC(=O)c1ccc(NC(=O)c2cnc(NC(C)C)cn2)cc1. The van der Waals surface area contributed by atoms with E-state index in [9.17, 15) is 9.59 Å². The number of nitrogens with zero attached hydrogens (tertiary/aromatic N) is 2. The average Bonchev–Trinajstić information content (AvgIpc) is 2.48. The van der Waals surface area contributed by atoms with E-state index in [2.05, 4.69) is 20.6 Å². The fraction of sp³-hybridized carbons (Fsp3) is 0.250. The van der Waals surface area contributed by atoms with E-state index in [4.69, 9.17) is 0 Å². The van der Waals surface area contributed by atoms with Crippen molar-refractivity contribution in [3.63, 3.8) is 0 Å². The van der Waals surface area contributed by atoms with Gasteiger partial charge in [0.1, 0.15) is 11.5 Å². The monoisotopic (exact) mass is 298 g/mol. The van der Waals surface area contributed by atoms with Gasteiger partial charge in [0.15, 0.2) is 5.78 Å². The molecule has 22 heavy (non-hydrogen) atoms. The Morgan fingerprint density at radius 1 is 1.05 bits per heavy atom. The lowest BCUT2D eigenvalue weighted by atomic mass is 10.1. The summed E-state index contributed by atoms with van der Waals surface area (Å²) in [6.45, 7) is 5.48. The summed E-state index contributed by atoms with van der Waals surface area (Å²) in [5.41, 5.74) is 1.42. The second kappa shape index (κ2) is 6.80. The molecule has 0 aliphatic carbocycles. The van der Waals surface area contributed by atoms with Crippen LogP contribution in [0.4, 0.5) is 11.5 Å². The first kappa shape index (κ1) is 15.6. The largest absolute Gasteiger partial charge is 0.367 e. The molecule has 1 heterocycles. The summed E-state index contributed by atoms with van der Waals surface area (Å²) in [4.78, 5) is 31.5. The van der Waals surface area contributed by atoms with Gasteiger partial charge in [0, 0.05) is 17.3 Å². The summed E-state index contributed by atoms with van der Waals surface area (Å²) < 4.78 is 0. The maximum atomic E-state index is 12.1. The number of hydrogen-bond acceptors (Lipinski definition) is 5. The first-order valence-electron chi connectivity index (χ1n) is 6.96. The van der Waals surface area contributed by atoms with Crippen LogP contribution in [-0.2, 0) is 0 Å². The molecule has 1 aromatic carbocycles. The highest BCUT2D eigenvalue weighted by Crippen LogP contribution is 2.11. The summed E-state index contributed by atoms with van der Waals surface area (Å²) in [7, 11) is 0. The number of nitrogens with one attached hydrogen (secondary N) is 2. The van der Waals surface area contributed by atoms with Gasteiger partial charge in [0.25, 0.3) is 5.91 Å². The van der Waals surface area contributed by atoms with Crippen LogP contribution in [0.1, 0.15) is 41.6 Å². The van der Waals surface area contributed by atoms with Crippen molar-refractivity contribution in [3.8, 4) is 0 Å². The molecule has 0 unspecified atom stereocenters. The molecule has 0 radical (unpaired) electrons. The number of rotatable bonds is 5. The molecule has 0 bridgehead atoms. The van der Waals surface area contributed by atoms with Crippen LogP contribution >= 0.6 is 0 Å². The zero-order valence-corrected chi connectivity index (χ0v) is 12.8. The minimum Gasteiger partial charge on any atom is -0.367 e. The van der Waals surface area contributed by atoms with Crippen molar-refractivity contribution in [1.29, 1.82) is 0 Å². The van der Waals surface area contributed by atoms with Gasteiger partial charge in [-0.1, -0.05) is 0 Å². The number of aromatic nitrogens is 2. The van der Waals surface area contributed by atoms with Gasteiger partial charge in [-0.25, -0.2) is 9.97 Å². The highest BCUT2D eigenvalue weighted by molar-refractivity contribution is 6.03. The number of hydrogen-bond donors (Lipinski definition) is 2. The predicted molar refractivity (Wildman–Crippen MR) is 85.2 cm³/mol. The van der Waals surface area contributed by atoms with Crippen molar-refractivity contribution in [2.75, 3.05) is 10.6 Å². The van der Waals surface area contributed by atoms with Crippen LogP contribution in [-0.4, -0.2) is 27.7 Å². The molecule has 2 aromatic rings. The second-order valence-corrected chi connectivity index (χ2v) is 5.17. The van der Waals surface area contributed by atoms with Crippen molar-refractivity contribution in [2.24, 2.45) is 0 Å². The Labute approximate surface area is 129 Å². The topological polar surface area (TPSA) is 84.0 Å². The number of carbonyl (C=O) groups excluding carboxylic acids is 2. The first-order chi connectivity index (χ1) is 10.5. The lowest BCUT2D eigenvalue weighted by molar-refractivity contribution is 0.101. The first-order valence-corrected chi connectivity index (χ1v) is 6.96. The van der Waals surface area contributed by atoms with Crippen molar-refractivity contribution in [2.45, 2.75) is 26.8 Å². The number of benzene rings is 1. The number of amides is 1. The molecule has 0 saturated carbocycles. The molecule has 2 rings (SSSR count). The Hall–Kier alpha value is -2.76. The lowest BCUT2D eigenvalue weighted by Gasteiger charge is -2.09. The van der Waals surface area contributed by atoms with Crippen molar-refractivity contribution >= 4 is 23.2 Å². The standard InChI is InChI=1S/C16H18N4O2/c1-10(2)19-15-9-17-14(8-18-15)16(22)20-13-6-4-12(5-7-13)11(3)21/h4-10H,1-3H3,(H,18,19)(H,20,22). The Morgan fingerprint density at radius 3 is 2.23 bits per heavy atom. The molecule has 0 saturated heterocycles. The van der Waals surface area contributed by atoms with Gasteiger partial charge in [-0.05, 0) is 45.0 Å². The van der Waals surface area contributed by atoms with Gasteiger partial charge in [-0.2, -0.15) is 0 Å². The lowest BCUT2D eigenvalue weighted by Crippen LogP contribution is -2.16. The molecular formula is C16H18N4O2. The van der Waals surface area contributed by atoms with Gasteiger partial charge in [0.05, 0.1) is 12.4 Å². The van der Waals surface area contributed by atoms with E-state index in [1.807, 2.05) is 13.8 Å². The molecule has 114 valence electrons. The summed E-state index contributed by atoms with van der Waals surface area (Å²) in [5.74, 6) is 0.258. The summed E-state index contributed by atoms with van der Waals surface area (Å²) in [6.07, 6.45) is 2.94. The average molecular weight is 298 g/mol. The van der Waals surface area contributed by atoms with Gasteiger partial charge < -0.3 is 10.6 Å². The minimum atomic E-state index is -0.348. The van der Waals surface area contributed by atoms with Gasteiger partial charge in [-0.3, -0.25) is 9.59 Å². The molecule has 1 aromatic heterocycles. The number of anilines is 2. The Kier molecular flexibility index (Phi) is 4.83. The van der Waals surface area contributed by atoms with Gasteiger partial charge in [-0.15, -0.1) is 0 Å². The van der Waals surface area contributed by atoms with Crippen LogP contribution in [0.5, 0.6) is 0 Å². The number of carbonyl (C=O) groups is 2. The fourth-order valence-corrected chi connectivity index (χ4v) is 1.80. The number of Topliss-reactive ketones (excluding diaryl/α,β-unsaturated/α-hetero) is 1. The molecule has 0 fully saturated rings. The van der Waals surface area contributed by atoms with Crippen LogP contribution in [0.15, 0.2) is 36.7 Å². The molecule has 1 amide bonds. The summed E-state index contributed by atoms with van der Waals surface area (Å²) in [6, 6.07) is 6.93. The van der Waals surface area contributed by atoms with Gasteiger partial charge >= 0.3 is 0 Å². The molecule has 6 nitrogen and oxygen atoms in total. The molecule has 6 heteroatoms. The molecule has 2 N–H and O–H groups in total. The Morgan fingerprint density at radius 2 is 1.73 bits per heavy atom. The van der Waals surface area contributed by atoms with E-state index in [0.29, 0.717) is 17.1 Å². The third-order valence-corrected chi connectivity index (χ3v) is 2.87. The van der Waals surface area contributed by atoms with Crippen LogP contribution in [0, 0.1) is 0 Å². The minimum absolute atomic E-state index is 0.0167. The zero-order chi connectivity index (χ0) is 16.1. The number of ketones is 1. The quantitative estimate of drug-likeness (QED) is 0.829. The van der Waals surface area contributed by atoms with Crippen molar-refractivity contribution < 1.29 is 9.59 Å². The van der Waals surface area contributed by atoms with Crippen molar-refractivity contribution in [3.05, 3.63) is 47.9 Å². The van der Waals surface area contributed by atoms with E-state index >= 15 is 0 Å². The smallest absolute Gasteiger partial charge is 0.275 e. The van der Waals surface area contributed by atoms with E-state index in [1.54, 1.807) is 24.3 Å². The molecule has 0 atom stereocenters. The molecule has 0 aliphatic rings. The maximum absolute atomic E-state index is 12.1. The third-order valence-electron chi connectivity index (χ3n) is 2.87. The fourth-order valence-electron chi connectivity index (χ4n) is 1.80. The van der Waals surface area contributed by atoms with Crippen LogP contribution in [0.2, 0.25) is 0 Å². The van der Waals surface area contributed by atoms with Crippen LogP contribution < -0.4 is 10.6 Å². The van der Waals surface area contributed by atoms with E-state index in [0.717, 1.165) is 0 Å². The zero-order valence-electron chi connectivity index (χ0n) is 12.8. The highest BCUT2D eigenvalue weighted by atomic mass is 16.2. The molecule has 0 aliphatic heterocycles. The summed E-state index contributed by atoms with van der Waals surface area (Å²) in [5, 5.41) is 5.81. The van der Waals surface area contributed by atoms with Gasteiger partial charge in [0.2, 0.25) is 0 Å². The molecule has 0 spiro atoms. The van der Waals surface area contributed by atoms with E-state index in [1.165, 1.54) is 19.3 Å². The maximum Gasteiger partial charge on any atom is 0.275 e. The second-order valence-electron chi connectivity index (χ2n) is 5.17. The van der Waals surface area contributed by atoms with Crippen LogP contribution in [0.25, 0.3) is 0 Å². The van der Waals surface area contributed by atoms with E-state index in [-0.39, 0.29) is 23.4 Å². The van der Waals surface area contributed by atoms with Crippen molar-refractivity contribution in [1.82, 2.24) is 9.97 Å². The summed E-state index contributed by atoms with van der Waals surface area (Å²) >= 11 is 0. The normalized spacial score (nSPS) is 10.4. The Bertz CT molecular complexity index is 664. The van der Waals surface area contributed by atoms with E-state index < -0.39 is 0 Å². The third kappa shape index (κ3) is 4.12. The Balaban J connectivity index is 2.03. The molecular weight excluding hydrogens is 280 g/mol. The van der Waals surface area contributed by atoms with Crippen LogP contribution in [0.3, 0.4) is 0 Å².